The second-order valence-electron chi connectivity index (χ2n) is 13.7. The Bertz CT molecular complexity index is 1900. The zero-order valence-electron chi connectivity index (χ0n) is 33.3. The molecule has 2 atom stereocenters. The van der Waals surface area contributed by atoms with Gasteiger partial charge in [-0.2, -0.15) is 0 Å². The van der Waals surface area contributed by atoms with Crippen LogP contribution >= 0.6 is 0 Å². The van der Waals surface area contributed by atoms with Gasteiger partial charge in [-0.15, -0.1) is 0 Å². The Morgan fingerprint density at radius 3 is 1.55 bits per heavy atom. The van der Waals surface area contributed by atoms with Gasteiger partial charge in [-0.25, -0.2) is 0 Å². The number of benzene rings is 5. The standard InChI is InChI=1S/C48H56O6Si/c1-7-55(8-2,9-3)54-43(30-25-37-23-28-41(29-24-37)52-35-38-17-12-10-13-18-38)21-16-22-45(48-46(50-5)33-44(49-4)34-47(48)51-6)40-26-31-42(32-27-40)53-36-39-19-14-11-15-20-39/h10-15,17-20,23-24,26-29,31-34,43,45H,7-9,21,25,30,35-36H2,1-6H3/t43-,45?/m1/s1. The van der Waals surface area contributed by atoms with E-state index in [9.17, 15) is 0 Å². The van der Waals surface area contributed by atoms with E-state index in [2.05, 4.69) is 93.3 Å². The molecule has 0 aliphatic carbocycles. The van der Waals surface area contributed by atoms with Gasteiger partial charge in [-0.1, -0.05) is 118 Å². The number of ether oxygens (including phenoxy) is 5. The molecule has 0 aromatic heterocycles. The summed E-state index contributed by atoms with van der Waals surface area (Å²) in [5, 5.41) is 0. The molecule has 0 aliphatic heterocycles. The summed E-state index contributed by atoms with van der Waals surface area (Å²) in [5.41, 5.74) is 5.38. The lowest BCUT2D eigenvalue weighted by molar-refractivity contribution is 0.182. The fraction of sp³-hybridized carbons (Fsp3) is 0.333. The molecular formula is C48H56O6Si. The lowest BCUT2D eigenvalue weighted by atomic mass is 9.89. The molecule has 55 heavy (non-hydrogen) atoms. The van der Waals surface area contributed by atoms with E-state index in [1.807, 2.05) is 60.7 Å². The zero-order valence-corrected chi connectivity index (χ0v) is 34.3. The third-order valence-corrected chi connectivity index (χ3v) is 15.1. The Labute approximate surface area is 329 Å². The third-order valence-electron chi connectivity index (χ3n) is 10.4. The van der Waals surface area contributed by atoms with Crippen LogP contribution in [0.3, 0.4) is 0 Å². The van der Waals surface area contributed by atoms with Gasteiger partial charge in [-0.3, -0.25) is 0 Å². The lowest BCUT2D eigenvalue weighted by Gasteiger charge is -2.33. The topological polar surface area (TPSA) is 55.4 Å². The van der Waals surface area contributed by atoms with Crippen LogP contribution in [-0.4, -0.2) is 35.8 Å². The molecule has 1 unspecified atom stereocenters. The molecule has 0 saturated heterocycles. The molecule has 0 spiro atoms. The quantitative estimate of drug-likeness (QED) is 0.0582. The average molecular weight is 757 g/mol. The molecule has 5 aromatic rings. The Morgan fingerprint density at radius 1 is 0.564 bits per heavy atom. The van der Waals surface area contributed by atoms with Crippen molar-refractivity contribution < 1.29 is 28.1 Å². The Balaban J connectivity index is 1.39. The summed E-state index contributed by atoms with van der Waals surface area (Å²) < 4.78 is 36.8. The highest BCUT2D eigenvalue weighted by Gasteiger charge is 2.32. The van der Waals surface area contributed by atoms with Gasteiger partial charge in [0.2, 0.25) is 0 Å². The number of methoxy groups -OCH3 is 3. The number of hydrogen-bond acceptors (Lipinski definition) is 6. The maximum absolute atomic E-state index is 7.14. The van der Waals surface area contributed by atoms with Crippen molar-refractivity contribution >= 4 is 8.32 Å². The van der Waals surface area contributed by atoms with E-state index in [4.69, 9.17) is 28.1 Å². The van der Waals surface area contributed by atoms with Gasteiger partial charge < -0.3 is 28.1 Å². The lowest BCUT2D eigenvalue weighted by Crippen LogP contribution is -2.40. The maximum atomic E-state index is 7.14. The minimum absolute atomic E-state index is 0.00194. The van der Waals surface area contributed by atoms with Crippen molar-refractivity contribution in [2.45, 2.75) is 83.4 Å². The van der Waals surface area contributed by atoms with Gasteiger partial charge >= 0.3 is 0 Å². The van der Waals surface area contributed by atoms with Gasteiger partial charge in [0.1, 0.15) is 42.0 Å². The van der Waals surface area contributed by atoms with E-state index in [1.165, 1.54) is 5.56 Å². The van der Waals surface area contributed by atoms with Crippen molar-refractivity contribution in [3.8, 4) is 40.6 Å². The fourth-order valence-corrected chi connectivity index (χ4v) is 9.70. The fourth-order valence-electron chi connectivity index (χ4n) is 6.79. The molecule has 0 bridgehead atoms. The largest absolute Gasteiger partial charge is 0.496 e. The summed E-state index contributed by atoms with van der Waals surface area (Å²) in [6.45, 7) is 7.88. The molecule has 0 N–H and O–H groups in total. The second kappa shape index (κ2) is 21.1. The first-order valence-corrected chi connectivity index (χ1v) is 21.9. The van der Waals surface area contributed by atoms with E-state index in [1.54, 1.807) is 21.3 Å². The number of aryl methyl sites for hydroxylation is 1. The highest BCUT2D eigenvalue weighted by molar-refractivity contribution is 6.73. The molecule has 0 fully saturated rings. The van der Waals surface area contributed by atoms with Crippen LogP contribution in [0.15, 0.2) is 121 Å². The molecule has 0 saturated carbocycles. The van der Waals surface area contributed by atoms with Crippen molar-refractivity contribution in [2.75, 3.05) is 21.3 Å². The van der Waals surface area contributed by atoms with Crippen LogP contribution in [0, 0.1) is 11.8 Å². The average Bonchev–Trinajstić information content (AvgIpc) is 3.25. The molecule has 5 rings (SSSR count). The maximum Gasteiger partial charge on any atom is 0.192 e. The van der Waals surface area contributed by atoms with Crippen LogP contribution in [0.25, 0.3) is 0 Å². The second-order valence-corrected chi connectivity index (χ2v) is 18.4. The van der Waals surface area contributed by atoms with Gasteiger partial charge in [-0.05, 0) is 77.5 Å². The Kier molecular flexibility index (Phi) is 15.7. The summed E-state index contributed by atoms with van der Waals surface area (Å²) in [4.78, 5) is 0. The van der Waals surface area contributed by atoms with E-state index in [0.29, 0.717) is 36.9 Å². The molecule has 6 nitrogen and oxygen atoms in total. The van der Waals surface area contributed by atoms with Gasteiger partial charge in [0, 0.05) is 18.6 Å². The van der Waals surface area contributed by atoms with Crippen molar-refractivity contribution in [3.63, 3.8) is 0 Å². The van der Waals surface area contributed by atoms with E-state index < -0.39 is 8.32 Å². The van der Waals surface area contributed by atoms with E-state index >= 15 is 0 Å². The summed E-state index contributed by atoms with van der Waals surface area (Å²) in [6.07, 6.45) is 2.38. The van der Waals surface area contributed by atoms with Crippen molar-refractivity contribution in [3.05, 3.63) is 149 Å². The zero-order chi connectivity index (χ0) is 38.9. The van der Waals surface area contributed by atoms with Crippen LogP contribution in [0.2, 0.25) is 18.1 Å². The molecule has 0 radical (unpaired) electrons. The smallest absolute Gasteiger partial charge is 0.192 e. The first-order valence-electron chi connectivity index (χ1n) is 19.4. The summed E-state index contributed by atoms with van der Waals surface area (Å²) in [6, 6.07) is 44.1. The summed E-state index contributed by atoms with van der Waals surface area (Å²) >= 11 is 0. The predicted octanol–water partition coefficient (Wildman–Crippen LogP) is 11.4. The van der Waals surface area contributed by atoms with Crippen molar-refractivity contribution in [2.24, 2.45) is 0 Å². The van der Waals surface area contributed by atoms with Gasteiger partial charge in [0.15, 0.2) is 8.32 Å². The minimum atomic E-state index is -1.91. The van der Waals surface area contributed by atoms with Crippen LogP contribution in [0.1, 0.15) is 67.3 Å². The highest BCUT2D eigenvalue weighted by atomic mass is 28.4. The molecule has 5 aromatic carbocycles. The first-order chi connectivity index (χ1) is 26.9. The van der Waals surface area contributed by atoms with Gasteiger partial charge in [0.05, 0.1) is 38.9 Å². The highest BCUT2D eigenvalue weighted by Crippen LogP contribution is 2.42. The minimum Gasteiger partial charge on any atom is -0.496 e. The van der Waals surface area contributed by atoms with Crippen LogP contribution in [-0.2, 0) is 24.1 Å². The normalized spacial score (nSPS) is 12.2. The molecular weight excluding hydrogens is 701 g/mol. The number of rotatable bonds is 20. The molecule has 0 heterocycles. The summed E-state index contributed by atoms with van der Waals surface area (Å²) in [7, 11) is 3.06. The first kappa shape index (κ1) is 41.0. The third kappa shape index (κ3) is 11.7. The van der Waals surface area contributed by atoms with Crippen LogP contribution in [0.5, 0.6) is 28.7 Å². The van der Waals surface area contributed by atoms with Crippen molar-refractivity contribution in [1.29, 1.82) is 0 Å². The molecule has 0 aliphatic rings. The predicted molar refractivity (Wildman–Crippen MR) is 225 cm³/mol. The van der Waals surface area contributed by atoms with E-state index in [0.717, 1.165) is 64.7 Å². The van der Waals surface area contributed by atoms with Crippen LogP contribution < -0.4 is 23.7 Å². The molecule has 288 valence electrons. The summed E-state index contributed by atoms with van der Waals surface area (Å²) in [5.74, 6) is 10.5. The van der Waals surface area contributed by atoms with E-state index in [-0.39, 0.29) is 12.0 Å². The van der Waals surface area contributed by atoms with Crippen LogP contribution in [0.4, 0.5) is 0 Å². The monoisotopic (exact) mass is 756 g/mol. The van der Waals surface area contributed by atoms with Crippen molar-refractivity contribution in [1.82, 2.24) is 0 Å². The van der Waals surface area contributed by atoms with Gasteiger partial charge in [0.25, 0.3) is 0 Å². The number of hydrogen-bond donors (Lipinski definition) is 0. The molecule has 0 amide bonds. The Morgan fingerprint density at radius 2 is 1.07 bits per heavy atom. The SMILES string of the molecule is CC[Si](CC)(CC)O[C@H](CC#CC(c1ccc(OCc2ccccc2)cc1)c1c(OC)cc(OC)cc1OC)CCc1ccc(OCc2ccccc2)cc1. The Hall–Kier alpha value is -5.16. The molecule has 7 heteroatoms.